The van der Waals surface area contributed by atoms with Crippen molar-refractivity contribution in [1.29, 1.82) is 0 Å². The third-order valence-corrected chi connectivity index (χ3v) is 3.24. The van der Waals surface area contributed by atoms with Crippen LogP contribution in [0.5, 0.6) is 0 Å². The Labute approximate surface area is 95.5 Å². The van der Waals surface area contributed by atoms with Crippen LogP contribution >= 0.6 is 11.6 Å². The lowest BCUT2D eigenvalue weighted by molar-refractivity contribution is 0.318. The topological polar surface area (TPSA) is 29.0 Å². The Bertz CT molecular complexity index is 325. The van der Waals surface area contributed by atoms with E-state index in [1.165, 1.54) is 25.6 Å². The molecule has 0 amide bonds. The van der Waals surface area contributed by atoms with Gasteiger partial charge in [0.1, 0.15) is 17.3 Å². The van der Waals surface area contributed by atoms with Crippen molar-refractivity contribution in [2.45, 2.75) is 26.2 Å². The fourth-order valence-corrected chi connectivity index (χ4v) is 2.01. The average Bonchev–Trinajstić information content (AvgIpc) is 2.16. The number of anilines is 1. The quantitative estimate of drug-likeness (QED) is 0.738. The highest BCUT2D eigenvalue weighted by atomic mass is 35.5. The molecule has 0 saturated heterocycles. The Morgan fingerprint density at radius 1 is 1.47 bits per heavy atom. The molecule has 1 aliphatic carbocycles. The molecule has 1 aliphatic rings. The smallest absolute Gasteiger partial charge is 0.134 e. The molecule has 3 nitrogen and oxygen atoms in total. The number of halogens is 1. The van der Waals surface area contributed by atoms with E-state index in [0.29, 0.717) is 5.15 Å². The molecule has 0 bridgehead atoms. The van der Waals surface area contributed by atoms with Crippen LogP contribution in [0.3, 0.4) is 0 Å². The summed E-state index contributed by atoms with van der Waals surface area (Å²) in [5.41, 5.74) is 0. The van der Waals surface area contributed by atoms with E-state index in [-0.39, 0.29) is 0 Å². The van der Waals surface area contributed by atoms with Crippen molar-refractivity contribution in [3.8, 4) is 0 Å². The lowest BCUT2D eigenvalue weighted by Gasteiger charge is -2.32. The van der Waals surface area contributed by atoms with Crippen LogP contribution in [0, 0.1) is 5.92 Å². The van der Waals surface area contributed by atoms with Crippen LogP contribution in [0.2, 0.25) is 5.15 Å². The van der Waals surface area contributed by atoms with Crippen LogP contribution in [0.1, 0.15) is 26.2 Å². The molecule has 0 N–H and O–H groups in total. The van der Waals surface area contributed by atoms with Gasteiger partial charge in [-0.3, -0.25) is 0 Å². The summed E-state index contributed by atoms with van der Waals surface area (Å²) in [5.74, 6) is 1.79. The number of nitrogens with zero attached hydrogens (tertiary/aromatic N) is 3. The molecule has 0 atom stereocenters. The standard InChI is InChI=1S/C11H16ClN3/c1-2-15(7-9-4-3-5-9)11-6-10(12)13-8-14-11/h6,8-9H,2-5,7H2,1H3. The maximum absolute atomic E-state index is 5.85. The first-order chi connectivity index (χ1) is 7.29. The predicted molar refractivity (Wildman–Crippen MR) is 62.3 cm³/mol. The van der Waals surface area contributed by atoms with Crippen molar-refractivity contribution in [1.82, 2.24) is 9.97 Å². The SMILES string of the molecule is CCN(CC1CCC1)c1cc(Cl)ncn1. The molecule has 4 heteroatoms. The van der Waals surface area contributed by atoms with Crippen molar-refractivity contribution in [3.63, 3.8) is 0 Å². The number of aromatic nitrogens is 2. The van der Waals surface area contributed by atoms with Gasteiger partial charge >= 0.3 is 0 Å². The Balaban J connectivity index is 2.04. The van der Waals surface area contributed by atoms with E-state index >= 15 is 0 Å². The van der Waals surface area contributed by atoms with Crippen LogP contribution in [0.25, 0.3) is 0 Å². The third kappa shape index (κ3) is 2.59. The van der Waals surface area contributed by atoms with Crippen molar-refractivity contribution in [3.05, 3.63) is 17.5 Å². The Morgan fingerprint density at radius 3 is 2.80 bits per heavy atom. The van der Waals surface area contributed by atoms with Crippen molar-refractivity contribution < 1.29 is 0 Å². The van der Waals surface area contributed by atoms with Gasteiger partial charge in [-0.25, -0.2) is 9.97 Å². The third-order valence-electron chi connectivity index (χ3n) is 3.03. The number of hydrogen-bond donors (Lipinski definition) is 0. The van der Waals surface area contributed by atoms with Gasteiger partial charge in [-0.05, 0) is 25.7 Å². The summed E-state index contributed by atoms with van der Waals surface area (Å²) in [6.07, 6.45) is 5.62. The number of hydrogen-bond acceptors (Lipinski definition) is 3. The van der Waals surface area contributed by atoms with Crippen LogP contribution < -0.4 is 4.90 Å². The van der Waals surface area contributed by atoms with Crippen LogP contribution in [0.4, 0.5) is 5.82 Å². The fraction of sp³-hybridized carbons (Fsp3) is 0.636. The van der Waals surface area contributed by atoms with Gasteiger partial charge in [-0.15, -0.1) is 0 Å². The summed E-state index contributed by atoms with van der Waals surface area (Å²) >= 11 is 5.85. The minimum absolute atomic E-state index is 0.520. The van der Waals surface area contributed by atoms with Crippen molar-refractivity contribution in [2.24, 2.45) is 5.92 Å². The van der Waals surface area contributed by atoms with E-state index in [4.69, 9.17) is 11.6 Å². The molecule has 2 rings (SSSR count). The first-order valence-corrected chi connectivity index (χ1v) is 5.90. The normalized spacial score (nSPS) is 16.1. The Kier molecular flexibility index (Phi) is 3.41. The fourth-order valence-electron chi connectivity index (χ4n) is 1.87. The van der Waals surface area contributed by atoms with Crippen molar-refractivity contribution in [2.75, 3.05) is 18.0 Å². The van der Waals surface area contributed by atoms with E-state index in [2.05, 4.69) is 21.8 Å². The van der Waals surface area contributed by atoms with Gasteiger partial charge in [0.05, 0.1) is 0 Å². The van der Waals surface area contributed by atoms with Crippen LogP contribution in [-0.2, 0) is 0 Å². The molecule has 0 aliphatic heterocycles. The van der Waals surface area contributed by atoms with Gasteiger partial charge in [0.25, 0.3) is 0 Å². The lowest BCUT2D eigenvalue weighted by atomic mass is 9.85. The molecular formula is C11H16ClN3. The minimum atomic E-state index is 0.520. The second kappa shape index (κ2) is 4.79. The summed E-state index contributed by atoms with van der Waals surface area (Å²) in [6, 6.07) is 1.84. The van der Waals surface area contributed by atoms with E-state index in [1.807, 2.05) is 6.07 Å². The monoisotopic (exact) mass is 225 g/mol. The van der Waals surface area contributed by atoms with Crippen LogP contribution in [-0.4, -0.2) is 23.1 Å². The Morgan fingerprint density at radius 2 is 2.27 bits per heavy atom. The summed E-state index contributed by atoms with van der Waals surface area (Å²) in [6.45, 7) is 4.22. The first kappa shape index (κ1) is 10.7. The molecule has 1 saturated carbocycles. The summed E-state index contributed by atoms with van der Waals surface area (Å²) in [4.78, 5) is 10.4. The highest BCUT2D eigenvalue weighted by molar-refractivity contribution is 6.29. The second-order valence-corrected chi connectivity index (χ2v) is 4.42. The van der Waals surface area contributed by atoms with Gasteiger partial charge in [-0.2, -0.15) is 0 Å². The largest absolute Gasteiger partial charge is 0.356 e. The first-order valence-electron chi connectivity index (χ1n) is 5.52. The molecule has 82 valence electrons. The summed E-state index contributed by atoms with van der Waals surface area (Å²) in [5, 5.41) is 0.520. The zero-order valence-electron chi connectivity index (χ0n) is 8.99. The van der Waals surface area contributed by atoms with Gasteiger partial charge in [0.15, 0.2) is 0 Å². The molecule has 0 spiro atoms. The second-order valence-electron chi connectivity index (χ2n) is 4.03. The zero-order valence-corrected chi connectivity index (χ0v) is 9.74. The molecule has 0 radical (unpaired) electrons. The molecule has 1 heterocycles. The van der Waals surface area contributed by atoms with E-state index in [9.17, 15) is 0 Å². The molecule has 1 aromatic rings. The van der Waals surface area contributed by atoms with Gasteiger partial charge < -0.3 is 4.90 Å². The molecule has 15 heavy (non-hydrogen) atoms. The molecule has 0 aromatic carbocycles. The van der Waals surface area contributed by atoms with E-state index < -0.39 is 0 Å². The summed E-state index contributed by atoms with van der Waals surface area (Å²) < 4.78 is 0. The number of rotatable bonds is 4. The minimum Gasteiger partial charge on any atom is -0.356 e. The van der Waals surface area contributed by atoms with E-state index in [0.717, 1.165) is 24.8 Å². The maximum atomic E-state index is 5.85. The van der Waals surface area contributed by atoms with Gasteiger partial charge in [0, 0.05) is 19.2 Å². The highest BCUT2D eigenvalue weighted by Crippen LogP contribution is 2.28. The molecule has 0 unspecified atom stereocenters. The van der Waals surface area contributed by atoms with Gasteiger partial charge in [0.2, 0.25) is 0 Å². The molecule has 1 fully saturated rings. The van der Waals surface area contributed by atoms with Gasteiger partial charge in [-0.1, -0.05) is 18.0 Å². The molecular weight excluding hydrogens is 210 g/mol. The molecule has 1 aromatic heterocycles. The Hall–Kier alpha value is -0.830. The summed E-state index contributed by atoms with van der Waals surface area (Å²) in [7, 11) is 0. The zero-order chi connectivity index (χ0) is 10.7. The predicted octanol–water partition coefficient (Wildman–Crippen LogP) is 2.76. The van der Waals surface area contributed by atoms with Crippen LogP contribution in [0.15, 0.2) is 12.4 Å². The highest BCUT2D eigenvalue weighted by Gasteiger charge is 2.20. The average molecular weight is 226 g/mol. The lowest BCUT2D eigenvalue weighted by Crippen LogP contribution is -2.32. The maximum Gasteiger partial charge on any atom is 0.134 e. The van der Waals surface area contributed by atoms with Crippen molar-refractivity contribution >= 4 is 17.4 Å². The van der Waals surface area contributed by atoms with E-state index in [1.54, 1.807) is 0 Å².